The van der Waals surface area contributed by atoms with Crippen molar-refractivity contribution in [3.63, 3.8) is 0 Å². The molecule has 0 aromatic heterocycles. The van der Waals surface area contributed by atoms with Gasteiger partial charge in [-0.15, -0.1) is 0 Å². The Bertz CT molecular complexity index is 891. The maximum absolute atomic E-state index is 12.6. The van der Waals surface area contributed by atoms with Crippen molar-refractivity contribution >= 4 is 22.7 Å². The first-order valence-electron chi connectivity index (χ1n) is 12.7. The summed E-state index contributed by atoms with van der Waals surface area (Å²) in [6.45, 7) is 1.33. The van der Waals surface area contributed by atoms with Crippen LogP contribution in [0.2, 0.25) is 0 Å². The van der Waals surface area contributed by atoms with Gasteiger partial charge in [-0.1, -0.05) is 12.1 Å². The SMILES string of the molecule is O=C(OC[C@H]1CC[C@H](CO)CC1)c1ccc2cc(C(=O)OC[C@H]3CC[C@H](CO)CC3)ccc2c1. The van der Waals surface area contributed by atoms with Gasteiger partial charge in [0.2, 0.25) is 0 Å². The molecule has 0 atom stereocenters. The van der Waals surface area contributed by atoms with E-state index in [1.165, 1.54) is 0 Å². The molecule has 0 saturated heterocycles. The lowest BCUT2D eigenvalue weighted by atomic mass is 9.83. The van der Waals surface area contributed by atoms with Crippen LogP contribution in [0.15, 0.2) is 36.4 Å². The molecule has 0 amide bonds. The molecule has 4 rings (SSSR count). The van der Waals surface area contributed by atoms with Gasteiger partial charge in [0.1, 0.15) is 0 Å². The summed E-state index contributed by atoms with van der Waals surface area (Å²) in [7, 11) is 0. The van der Waals surface area contributed by atoms with E-state index in [0.29, 0.717) is 48.0 Å². The van der Waals surface area contributed by atoms with Gasteiger partial charge in [-0.25, -0.2) is 9.59 Å². The highest BCUT2D eigenvalue weighted by atomic mass is 16.5. The number of hydrogen-bond acceptors (Lipinski definition) is 6. The predicted octanol–water partition coefficient (Wildman–Crippen LogP) is 4.75. The minimum atomic E-state index is -0.328. The van der Waals surface area contributed by atoms with E-state index in [2.05, 4.69) is 0 Å². The summed E-state index contributed by atoms with van der Waals surface area (Å²) < 4.78 is 11.1. The lowest BCUT2D eigenvalue weighted by Gasteiger charge is -2.26. The van der Waals surface area contributed by atoms with Crippen LogP contribution >= 0.6 is 0 Å². The Morgan fingerprint density at radius 1 is 0.618 bits per heavy atom. The molecule has 2 aromatic rings. The molecule has 2 fully saturated rings. The van der Waals surface area contributed by atoms with Crippen molar-refractivity contribution in [1.82, 2.24) is 0 Å². The smallest absolute Gasteiger partial charge is 0.338 e. The van der Waals surface area contributed by atoms with E-state index in [9.17, 15) is 19.8 Å². The van der Waals surface area contributed by atoms with Crippen LogP contribution in [0.5, 0.6) is 0 Å². The fraction of sp³-hybridized carbons (Fsp3) is 0.571. The normalized spacial score (nSPS) is 25.1. The van der Waals surface area contributed by atoms with Crippen LogP contribution in [0.25, 0.3) is 10.8 Å². The molecular formula is C28H36O6. The zero-order chi connectivity index (χ0) is 23.9. The van der Waals surface area contributed by atoms with Gasteiger partial charge in [-0.3, -0.25) is 0 Å². The van der Waals surface area contributed by atoms with Crippen molar-refractivity contribution in [3.05, 3.63) is 47.5 Å². The third-order valence-corrected chi connectivity index (χ3v) is 7.66. The number of carbonyl (C=O) groups excluding carboxylic acids is 2. The van der Waals surface area contributed by atoms with Crippen LogP contribution < -0.4 is 0 Å². The monoisotopic (exact) mass is 468 g/mol. The molecule has 2 aliphatic carbocycles. The Morgan fingerprint density at radius 2 is 0.971 bits per heavy atom. The van der Waals surface area contributed by atoms with Gasteiger partial charge in [0.15, 0.2) is 0 Å². The first-order valence-corrected chi connectivity index (χ1v) is 12.7. The molecule has 6 nitrogen and oxygen atoms in total. The second-order valence-corrected chi connectivity index (χ2v) is 10.1. The molecule has 0 bridgehead atoms. The lowest BCUT2D eigenvalue weighted by molar-refractivity contribution is 0.0372. The van der Waals surface area contributed by atoms with Gasteiger partial charge in [-0.2, -0.15) is 0 Å². The second-order valence-electron chi connectivity index (χ2n) is 10.1. The van der Waals surface area contributed by atoms with Gasteiger partial charge in [0.05, 0.1) is 24.3 Å². The number of benzene rings is 2. The van der Waals surface area contributed by atoms with Gasteiger partial charge >= 0.3 is 11.9 Å². The molecular weight excluding hydrogens is 432 g/mol. The van der Waals surface area contributed by atoms with Crippen molar-refractivity contribution in [1.29, 1.82) is 0 Å². The number of aliphatic hydroxyl groups excluding tert-OH is 2. The Morgan fingerprint density at radius 3 is 1.32 bits per heavy atom. The van der Waals surface area contributed by atoms with Crippen LogP contribution in [-0.2, 0) is 9.47 Å². The molecule has 34 heavy (non-hydrogen) atoms. The van der Waals surface area contributed by atoms with Crippen LogP contribution in [0.1, 0.15) is 72.1 Å². The molecule has 2 aromatic carbocycles. The number of fused-ring (bicyclic) bond motifs is 1. The summed E-state index contributed by atoms with van der Waals surface area (Å²) in [5, 5.41) is 20.3. The van der Waals surface area contributed by atoms with E-state index in [1.807, 2.05) is 12.1 Å². The van der Waals surface area contributed by atoms with Gasteiger partial charge < -0.3 is 19.7 Å². The zero-order valence-electron chi connectivity index (χ0n) is 19.8. The Labute approximate surface area is 201 Å². The summed E-state index contributed by atoms with van der Waals surface area (Å²) in [5.74, 6) is 0.857. The topological polar surface area (TPSA) is 93.1 Å². The van der Waals surface area contributed by atoms with Crippen molar-refractivity contribution in [2.45, 2.75) is 51.4 Å². The standard InChI is InChI=1S/C28H36O6/c29-15-19-1-5-21(6-2-19)17-33-27(31)25-11-9-24-14-26(12-10-23(24)13-25)28(32)34-18-22-7-3-20(16-30)4-8-22/h9-14,19-22,29-30H,1-8,15-18H2/t19-,20-,21-,22-. The minimum absolute atomic E-state index is 0.245. The lowest BCUT2D eigenvalue weighted by Crippen LogP contribution is -2.22. The summed E-state index contributed by atoms with van der Waals surface area (Å²) in [4.78, 5) is 25.1. The summed E-state index contributed by atoms with van der Waals surface area (Å²) >= 11 is 0. The van der Waals surface area contributed by atoms with Crippen LogP contribution in [0.4, 0.5) is 0 Å². The largest absolute Gasteiger partial charge is 0.462 e. The van der Waals surface area contributed by atoms with Gasteiger partial charge in [0.25, 0.3) is 0 Å². The molecule has 0 radical (unpaired) electrons. The Balaban J connectivity index is 1.29. The average Bonchev–Trinajstić information content (AvgIpc) is 2.90. The van der Waals surface area contributed by atoms with E-state index in [4.69, 9.17) is 9.47 Å². The number of hydrogen-bond donors (Lipinski definition) is 2. The van der Waals surface area contributed by atoms with Crippen LogP contribution in [0, 0.1) is 23.7 Å². The quantitative estimate of drug-likeness (QED) is 0.543. The Kier molecular flexibility index (Phi) is 8.57. The molecule has 184 valence electrons. The number of esters is 2. The number of carbonyl (C=O) groups is 2. The maximum atomic E-state index is 12.6. The third-order valence-electron chi connectivity index (χ3n) is 7.66. The van der Waals surface area contributed by atoms with E-state index in [-0.39, 0.29) is 25.2 Å². The van der Waals surface area contributed by atoms with Crippen molar-refractivity contribution < 1.29 is 29.3 Å². The van der Waals surface area contributed by atoms with E-state index in [0.717, 1.165) is 62.1 Å². The fourth-order valence-electron chi connectivity index (χ4n) is 5.21. The highest BCUT2D eigenvalue weighted by molar-refractivity contribution is 5.99. The summed E-state index contributed by atoms with van der Waals surface area (Å²) in [6.07, 6.45) is 7.90. The summed E-state index contributed by atoms with van der Waals surface area (Å²) in [5.41, 5.74) is 1.01. The minimum Gasteiger partial charge on any atom is -0.462 e. The van der Waals surface area contributed by atoms with Gasteiger partial charge in [0, 0.05) is 13.2 Å². The maximum Gasteiger partial charge on any atom is 0.338 e. The molecule has 0 heterocycles. The molecule has 0 aliphatic heterocycles. The number of aliphatic hydroxyl groups is 2. The predicted molar refractivity (Wildman–Crippen MR) is 130 cm³/mol. The molecule has 2 N–H and O–H groups in total. The van der Waals surface area contributed by atoms with Crippen molar-refractivity contribution in [3.8, 4) is 0 Å². The fourth-order valence-corrected chi connectivity index (χ4v) is 5.21. The Hall–Kier alpha value is -2.44. The summed E-state index contributed by atoms with van der Waals surface area (Å²) in [6, 6.07) is 10.8. The molecule has 2 saturated carbocycles. The molecule has 0 unspecified atom stereocenters. The van der Waals surface area contributed by atoms with Crippen LogP contribution in [0.3, 0.4) is 0 Å². The molecule has 0 spiro atoms. The van der Waals surface area contributed by atoms with E-state index in [1.54, 1.807) is 24.3 Å². The second kappa shape index (κ2) is 11.8. The highest BCUT2D eigenvalue weighted by Crippen LogP contribution is 2.30. The number of ether oxygens (including phenoxy) is 2. The third kappa shape index (κ3) is 6.36. The van der Waals surface area contributed by atoms with Crippen molar-refractivity contribution in [2.24, 2.45) is 23.7 Å². The highest BCUT2D eigenvalue weighted by Gasteiger charge is 2.23. The van der Waals surface area contributed by atoms with E-state index >= 15 is 0 Å². The van der Waals surface area contributed by atoms with Crippen molar-refractivity contribution in [2.75, 3.05) is 26.4 Å². The average molecular weight is 469 g/mol. The van der Waals surface area contributed by atoms with Crippen LogP contribution in [-0.4, -0.2) is 48.6 Å². The first kappa shape index (κ1) is 24.7. The number of rotatable bonds is 8. The van der Waals surface area contributed by atoms with E-state index < -0.39 is 0 Å². The zero-order valence-corrected chi connectivity index (χ0v) is 19.8. The molecule has 2 aliphatic rings. The molecule has 6 heteroatoms. The first-order chi connectivity index (χ1) is 16.6. The van der Waals surface area contributed by atoms with Gasteiger partial charge in [-0.05, 0) is 110 Å².